The van der Waals surface area contributed by atoms with Crippen molar-refractivity contribution in [1.82, 2.24) is 9.55 Å². The van der Waals surface area contributed by atoms with Crippen LogP contribution in [-0.4, -0.2) is 16.7 Å². The fourth-order valence-corrected chi connectivity index (χ4v) is 2.53. The highest BCUT2D eigenvalue weighted by Gasteiger charge is 2.10. The molecule has 0 aliphatic heterocycles. The topological polar surface area (TPSA) is 53.1 Å². The second kappa shape index (κ2) is 5.48. The molecule has 108 valence electrons. The molecular weight excluding hydrogens is 262 g/mol. The third kappa shape index (κ3) is 2.44. The van der Waals surface area contributed by atoms with Crippen molar-refractivity contribution >= 4 is 16.6 Å². The van der Waals surface area contributed by atoms with Crippen LogP contribution in [0.15, 0.2) is 42.7 Å². The van der Waals surface area contributed by atoms with E-state index in [9.17, 15) is 0 Å². The van der Waals surface area contributed by atoms with Crippen molar-refractivity contribution in [3.63, 3.8) is 0 Å². The van der Waals surface area contributed by atoms with Crippen molar-refractivity contribution in [3.05, 3.63) is 42.7 Å². The zero-order chi connectivity index (χ0) is 14.8. The van der Waals surface area contributed by atoms with Crippen LogP contribution in [0.2, 0.25) is 0 Å². The second-order valence-electron chi connectivity index (χ2n) is 5.10. The van der Waals surface area contributed by atoms with Crippen molar-refractivity contribution in [2.75, 3.05) is 12.8 Å². The van der Waals surface area contributed by atoms with Crippen LogP contribution >= 0.6 is 0 Å². The summed E-state index contributed by atoms with van der Waals surface area (Å²) in [6.07, 6.45) is 2.85. The predicted octanol–water partition coefficient (Wildman–Crippen LogP) is 3.70. The average Bonchev–Trinajstić information content (AvgIpc) is 2.88. The molecule has 0 saturated carbocycles. The summed E-state index contributed by atoms with van der Waals surface area (Å²) in [4.78, 5) is 4.46. The standard InChI is InChI=1S/C17H19N3O/c1-3-8-20-11-19-16(17(20)18)14-5-4-13-10-15(21-2)7-6-12(13)9-14/h4-7,9-11H,3,8,18H2,1-2H3. The lowest BCUT2D eigenvalue weighted by Gasteiger charge is -2.06. The Kier molecular flexibility index (Phi) is 3.52. The second-order valence-corrected chi connectivity index (χ2v) is 5.10. The number of fused-ring (bicyclic) bond motifs is 1. The fourth-order valence-electron chi connectivity index (χ4n) is 2.53. The molecule has 4 nitrogen and oxygen atoms in total. The third-order valence-electron chi connectivity index (χ3n) is 3.66. The summed E-state index contributed by atoms with van der Waals surface area (Å²) in [7, 11) is 1.68. The first-order valence-corrected chi connectivity index (χ1v) is 7.11. The Morgan fingerprint density at radius 3 is 2.67 bits per heavy atom. The number of benzene rings is 2. The van der Waals surface area contributed by atoms with Crippen molar-refractivity contribution in [1.29, 1.82) is 0 Å². The molecule has 0 unspecified atom stereocenters. The van der Waals surface area contributed by atoms with Gasteiger partial charge in [0.15, 0.2) is 0 Å². The Balaban J connectivity index is 2.05. The number of anilines is 1. The summed E-state index contributed by atoms with van der Waals surface area (Å²) >= 11 is 0. The Bertz CT molecular complexity index is 777. The van der Waals surface area contributed by atoms with Crippen LogP contribution in [-0.2, 0) is 6.54 Å². The molecule has 2 aromatic carbocycles. The number of nitrogens with zero attached hydrogens (tertiary/aromatic N) is 2. The Labute approximate surface area is 124 Å². The summed E-state index contributed by atoms with van der Waals surface area (Å²) in [5.74, 6) is 1.59. The molecule has 0 amide bonds. The normalized spacial score (nSPS) is 11.0. The molecule has 3 aromatic rings. The Morgan fingerprint density at radius 2 is 1.90 bits per heavy atom. The van der Waals surface area contributed by atoms with Gasteiger partial charge in [-0.05, 0) is 35.4 Å². The van der Waals surface area contributed by atoms with Gasteiger partial charge in [0.1, 0.15) is 17.3 Å². The van der Waals surface area contributed by atoms with Gasteiger partial charge >= 0.3 is 0 Å². The molecule has 3 rings (SSSR count). The predicted molar refractivity (Wildman–Crippen MR) is 86.4 cm³/mol. The van der Waals surface area contributed by atoms with E-state index in [-0.39, 0.29) is 0 Å². The minimum absolute atomic E-state index is 0.727. The van der Waals surface area contributed by atoms with E-state index in [1.807, 2.05) is 23.0 Å². The maximum Gasteiger partial charge on any atom is 0.131 e. The van der Waals surface area contributed by atoms with Gasteiger partial charge < -0.3 is 15.0 Å². The highest BCUT2D eigenvalue weighted by molar-refractivity contribution is 5.89. The van der Waals surface area contributed by atoms with Gasteiger partial charge in [0, 0.05) is 12.1 Å². The highest BCUT2D eigenvalue weighted by atomic mass is 16.5. The molecule has 0 bridgehead atoms. The number of imidazole rings is 1. The number of hydrogen-bond donors (Lipinski definition) is 1. The van der Waals surface area contributed by atoms with Gasteiger partial charge in [0.05, 0.1) is 13.4 Å². The number of hydrogen-bond acceptors (Lipinski definition) is 3. The Morgan fingerprint density at radius 1 is 1.14 bits per heavy atom. The number of aryl methyl sites for hydroxylation is 1. The average molecular weight is 281 g/mol. The first-order chi connectivity index (χ1) is 10.2. The molecule has 0 atom stereocenters. The molecule has 0 spiro atoms. The van der Waals surface area contributed by atoms with E-state index < -0.39 is 0 Å². The molecular formula is C17H19N3O. The molecule has 0 saturated heterocycles. The molecule has 0 radical (unpaired) electrons. The van der Waals surface area contributed by atoms with Gasteiger partial charge in [-0.2, -0.15) is 0 Å². The quantitative estimate of drug-likeness (QED) is 0.793. The molecule has 0 fully saturated rings. The van der Waals surface area contributed by atoms with Crippen LogP contribution in [0.5, 0.6) is 5.75 Å². The maximum absolute atomic E-state index is 6.19. The molecule has 2 N–H and O–H groups in total. The maximum atomic E-state index is 6.19. The van der Waals surface area contributed by atoms with Crippen LogP contribution in [0.3, 0.4) is 0 Å². The zero-order valence-corrected chi connectivity index (χ0v) is 12.3. The van der Waals surface area contributed by atoms with Crippen LogP contribution in [0.1, 0.15) is 13.3 Å². The number of ether oxygens (including phenoxy) is 1. The third-order valence-corrected chi connectivity index (χ3v) is 3.66. The minimum atomic E-state index is 0.727. The van der Waals surface area contributed by atoms with Crippen LogP contribution in [0, 0.1) is 0 Å². The summed E-state index contributed by atoms with van der Waals surface area (Å²) in [5.41, 5.74) is 8.08. The largest absolute Gasteiger partial charge is 0.497 e. The van der Waals surface area contributed by atoms with E-state index in [1.165, 1.54) is 0 Å². The zero-order valence-electron chi connectivity index (χ0n) is 12.3. The van der Waals surface area contributed by atoms with E-state index in [0.717, 1.165) is 46.6 Å². The van der Waals surface area contributed by atoms with E-state index in [0.29, 0.717) is 0 Å². The van der Waals surface area contributed by atoms with Crippen molar-refractivity contribution in [2.45, 2.75) is 19.9 Å². The van der Waals surface area contributed by atoms with Crippen LogP contribution in [0.4, 0.5) is 5.82 Å². The van der Waals surface area contributed by atoms with Gasteiger partial charge in [0.2, 0.25) is 0 Å². The highest BCUT2D eigenvalue weighted by Crippen LogP contribution is 2.29. The first kappa shape index (κ1) is 13.5. The minimum Gasteiger partial charge on any atom is -0.497 e. The summed E-state index contributed by atoms with van der Waals surface area (Å²) < 4.78 is 7.24. The Hall–Kier alpha value is -2.49. The van der Waals surface area contributed by atoms with Gasteiger partial charge in [-0.25, -0.2) is 4.98 Å². The van der Waals surface area contributed by atoms with E-state index >= 15 is 0 Å². The molecule has 1 aromatic heterocycles. The molecule has 4 heteroatoms. The smallest absolute Gasteiger partial charge is 0.131 e. The summed E-state index contributed by atoms with van der Waals surface area (Å²) in [5, 5.41) is 2.29. The lowest BCUT2D eigenvalue weighted by atomic mass is 10.0. The van der Waals surface area contributed by atoms with E-state index in [2.05, 4.69) is 36.2 Å². The van der Waals surface area contributed by atoms with Crippen LogP contribution < -0.4 is 10.5 Å². The number of nitrogens with two attached hydrogens (primary N) is 1. The number of rotatable bonds is 4. The van der Waals surface area contributed by atoms with E-state index in [1.54, 1.807) is 7.11 Å². The lowest BCUT2D eigenvalue weighted by Crippen LogP contribution is -2.01. The van der Waals surface area contributed by atoms with Gasteiger partial charge in [0.25, 0.3) is 0 Å². The van der Waals surface area contributed by atoms with Gasteiger partial charge in [-0.1, -0.05) is 25.1 Å². The summed E-state index contributed by atoms with van der Waals surface area (Å²) in [6, 6.07) is 12.3. The van der Waals surface area contributed by atoms with Crippen molar-refractivity contribution in [2.24, 2.45) is 0 Å². The van der Waals surface area contributed by atoms with Crippen LogP contribution in [0.25, 0.3) is 22.0 Å². The molecule has 0 aliphatic rings. The number of methoxy groups -OCH3 is 1. The number of aromatic nitrogens is 2. The van der Waals surface area contributed by atoms with Crippen molar-refractivity contribution < 1.29 is 4.74 Å². The monoisotopic (exact) mass is 281 g/mol. The molecule has 0 aliphatic carbocycles. The lowest BCUT2D eigenvalue weighted by molar-refractivity contribution is 0.415. The molecule has 1 heterocycles. The fraction of sp³-hybridized carbons (Fsp3) is 0.235. The SMILES string of the molecule is CCCn1cnc(-c2ccc3cc(OC)ccc3c2)c1N. The van der Waals surface area contributed by atoms with Gasteiger partial charge in [-0.15, -0.1) is 0 Å². The number of nitrogen functional groups attached to an aromatic ring is 1. The summed E-state index contributed by atoms with van der Waals surface area (Å²) in [6.45, 7) is 3.02. The van der Waals surface area contributed by atoms with Gasteiger partial charge in [-0.3, -0.25) is 0 Å². The molecule has 21 heavy (non-hydrogen) atoms. The van der Waals surface area contributed by atoms with Crippen molar-refractivity contribution in [3.8, 4) is 17.0 Å². The first-order valence-electron chi connectivity index (χ1n) is 7.11. The van der Waals surface area contributed by atoms with E-state index in [4.69, 9.17) is 10.5 Å².